The highest BCUT2D eigenvalue weighted by atomic mass is 15.0. The summed E-state index contributed by atoms with van der Waals surface area (Å²) in [6.07, 6.45) is 5.61. The Kier molecular flexibility index (Phi) is 8.53. The Morgan fingerprint density at radius 2 is 1.06 bits per heavy atom. The van der Waals surface area contributed by atoms with Crippen molar-refractivity contribution < 1.29 is 0 Å². The van der Waals surface area contributed by atoms with E-state index in [1.165, 1.54) is 93.8 Å². The van der Waals surface area contributed by atoms with E-state index in [-0.39, 0.29) is 0 Å². The van der Waals surface area contributed by atoms with Crippen molar-refractivity contribution in [2.24, 2.45) is 0 Å². The van der Waals surface area contributed by atoms with Crippen molar-refractivity contribution >= 4 is 61.1 Å². The van der Waals surface area contributed by atoms with Crippen molar-refractivity contribution in [3.8, 4) is 44.8 Å². The maximum Gasteiger partial charge on any atom is 0.0641 e. The van der Waals surface area contributed by atoms with Crippen LogP contribution in [0, 0.1) is 0 Å². The van der Waals surface area contributed by atoms with Crippen molar-refractivity contribution in [3.05, 3.63) is 223 Å². The van der Waals surface area contributed by atoms with Gasteiger partial charge in [-0.1, -0.05) is 159 Å². The van der Waals surface area contributed by atoms with Crippen LogP contribution in [0.5, 0.6) is 0 Å². The predicted molar refractivity (Wildman–Crippen MR) is 263 cm³/mol. The summed E-state index contributed by atoms with van der Waals surface area (Å²) in [5.74, 6) is 0.457. The molecular weight excluding hydrogens is 751 g/mol. The maximum atomic E-state index is 3.87. The number of rotatable bonds is 7. The van der Waals surface area contributed by atoms with Gasteiger partial charge >= 0.3 is 0 Å². The Labute approximate surface area is 361 Å². The smallest absolute Gasteiger partial charge is 0.0641 e. The molecule has 9 aromatic carbocycles. The Hall–Kier alpha value is -7.88. The highest BCUT2D eigenvalue weighted by Gasteiger charge is 2.22. The zero-order valence-corrected chi connectivity index (χ0v) is 34.5. The lowest BCUT2D eigenvalue weighted by molar-refractivity contribution is 0.774. The van der Waals surface area contributed by atoms with Crippen LogP contribution in [0.2, 0.25) is 0 Å². The molecule has 0 saturated carbocycles. The minimum Gasteiger partial charge on any atom is -0.355 e. The Balaban J connectivity index is 1.05. The fraction of sp³-hybridized carbons (Fsp3) is 0.0508. The number of fused-ring (bicyclic) bond motifs is 8. The lowest BCUT2D eigenvalue weighted by atomic mass is 9.87. The molecule has 12 rings (SSSR count). The summed E-state index contributed by atoms with van der Waals surface area (Å²) in [4.78, 5) is 0. The first-order valence-electron chi connectivity index (χ1n) is 21.7. The van der Waals surface area contributed by atoms with Crippen molar-refractivity contribution in [1.29, 1.82) is 0 Å². The van der Waals surface area contributed by atoms with Crippen LogP contribution in [0.4, 0.5) is 11.4 Å². The fourth-order valence-electron chi connectivity index (χ4n) is 10.1. The molecule has 0 spiro atoms. The molecule has 1 N–H and O–H groups in total. The second-order valence-corrected chi connectivity index (χ2v) is 16.6. The Morgan fingerprint density at radius 3 is 1.94 bits per heavy atom. The molecule has 1 atom stereocenters. The minimum atomic E-state index is 0.457. The van der Waals surface area contributed by atoms with Crippen LogP contribution in [0.25, 0.3) is 94.4 Å². The zero-order chi connectivity index (χ0) is 41.1. The molecule has 3 nitrogen and oxygen atoms in total. The van der Waals surface area contributed by atoms with Crippen molar-refractivity contribution in [2.75, 3.05) is 5.32 Å². The van der Waals surface area contributed by atoms with Gasteiger partial charge in [-0.25, -0.2) is 0 Å². The number of anilines is 2. The molecule has 11 aromatic rings. The van der Waals surface area contributed by atoms with Gasteiger partial charge in [-0.2, -0.15) is 0 Å². The van der Waals surface area contributed by atoms with Crippen LogP contribution in [0.15, 0.2) is 212 Å². The molecule has 2 heterocycles. The third-order valence-corrected chi connectivity index (χ3v) is 12.9. The first kappa shape index (κ1) is 36.0. The SMILES string of the molecule is CC1CC=Cc2cccc(Nc3ccccc3-c3cccc(-c4ccc5c(c4)c4c(ccc6c7ccccc7n(-c7ccccc7)c64)n5-c4ccc(-c5ccccc5)cc4)c3)c21. The highest BCUT2D eigenvalue weighted by molar-refractivity contribution is 6.26. The van der Waals surface area contributed by atoms with Crippen LogP contribution in [0.3, 0.4) is 0 Å². The number of benzene rings is 9. The van der Waals surface area contributed by atoms with Gasteiger partial charge in [0.15, 0.2) is 0 Å². The molecule has 2 aromatic heterocycles. The summed E-state index contributed by atoms with van der Waals surface area (Å²) in [6, 6.07) is 75.4. The molecule has 62 heavy (non-hydrogen) atoms. The van der Waals surface area contributed by atoms with Gasteiger partial charge in [-0.15, -0.1) is 0 Å². The normalized spacial score (nSPS) is 13.6. The van der Waals surface area contributed by atoms with E-state index in [1.807, 2.05) is 0 Å². The second-order valence-electron chi connectivity index (χ2n) is 16.6. The molecule has 1 aliphatic rings. The highest BCUT2D eigenvalue weighted by Crippen LogP contribution is 2.44. The largest absolute Gasteiger partial charge is 0.355 e. The predicted octanol–water partition coefficient (Wildman–Crippen LogP) is 16.1. The van der Waals surface area contributed by atoms with Gasteiger partial charge in [-0.05, 0) is 118 Å². The molecule has 294 valence electrons. The van der Waals surface area contributed by atoms with Gasteiger partial charge in [0.2, 0.25) is 0 Å². The number of para-hydroxylation sites is 3. The Morgan fingerprint density at radius 1 is 0.435 bits per heavy atom. The van der Waals surface area contributed by atoms with Gasteiger partial charge in [0.1, 0.15) is 0 Å². The minimum absolute atomic E-state index is 0.457. The molecule has 0 bridgehead atoms. The van der Waals surface area contributed by atoms with Crippen LogP contribution in [-0.4, -0.2) is 9.13 Å². The topological polar surface area (TPSA) is 21.9 Å². The summed E-state index contributed by atoms with van der Waals surface area (Å²) >= 11 is 0. The molecule has 0 fully saturated rings. The summed E-state index contributed by atoms with van der Waals surface area (Å²) < 4.78 is 4.92. The van der Waals surface area contributed by atoms with Gasteiger partial charge in [0.05, 0.1) is 22.1 Å². The van der Waals surface area contributed by atoms with E-state index in [9.17, 15) is 0 Å². The van der Waals surface area contributed by atoms with Crippen molar-refractivity contribution in [1.82, 2.24) is 9.13 Å². The van der Waals surface area contributed by atoms with Crippen LogP contribution in [-0.2, 0) is 0 Å². The number of aromatic nitrogens is 2. The van der Waals surface area contributed by atoms with Crippen LogP contribution in [0.1, 0.15) is 30.4 Å². The van der Waals surface area contributed by atoms with Crippen molar-refractivity contribution in [2.45, 2.75) is 19.3 Å². The van der Waals surface area contributed by atoms with E-state index >= 15 is 0 Å². The molecule has 0 saturated heterocycles. The van der Waals surface area contributed by atoms with Crippen LogP contribution >= 0.6 is 0 Å². The standard InChI is InChI=1S/C59H43N3/c1-39-15-12-18-42-19-14-27-53(57(39)42)60-52-26-10-8-24-48(52)45-21-13-20-43(37-45)44-31-35-55-51(38-44)58-56(61(55)47-32-29-41(30-33-47)40-16-4-2-5-17-40)36-34-50-49-25-9-11-28-54(49)62(59(50)58)46-22-6-3-7-23-46/h2-14,16-39,60H,15H2,1H3. The van der Waals surface area contributed by atoms with Gasteiger partial charge in [-0.3, -0.25) is 0 Å². The molecule has 0 radical (unpaired) electrons. The van der Waals surface area contributed by atoms with E-state index in [0.717, 1.165) is 23.5 Å². The average Bonchev–Trinajstić information content (AvgIpc) is 3.85. The average molecular weight is 794 g/mol. The van der Waals surface area contributed by atoms with Crippen molar-refractivity contribution in [3.63, 3.8) is 0 Å². The molecular formula is C59H43N3. The number of nitrogens with one attached hydrogen (secondary N) is 1. The van der Waals surface area contributed by atoms with E-state index in [0.29, 0.717) is 5.92 Å². The van der Waals surface area contributed by atoms with Gasteiger partial charge in [0.25, 0.3) is 0 Å². The summed E-state index contributed by atoms with van der Waals surface area (Å²) in [5, 5.41) is 8.83. The van der Waals surface area contributed by atoms with E-state index in [4.69, 9.17) is 0 Å². The van der Waals surface area contributed by atoms with E-state index < -0.39 is 0 Å². The van der Waals surface area contributed by atoms with Gasteiger partial charge < -0.3 is 14.5 Å². The van der Waals surface area contributed by atoms with Gasteiger partial charge in [0, 0.05) is 49.9 Å². The molecule has 0 amide bonds. The summed E-state index contributed by atoms with van der Waals surface area (Å²) in [5.41, 5.74) is 19.2. The first-order valence-corrected chi connectivity index (χ1v) is 21.7. The molecule has 3 heteroatoms. The third-order valence-electron chi connectivity index (χ3n) is 12.9. The van der Waals surface area contributed by atoms with E-state index in [1.54, 1.807) is 0 Å². The summed E-state index contributed by atoms with van der Waals surface area (Å²) in [6.45, 7) is 2.32. The van der Waals surface area contributed by atoms with E-state index in [2.05, 4.69) is 240 Å². The maximum absolute atomic E-state index is 3.87. The summed E-state index contributed by atoms with van der Waals surface area (Å²) in [7, 11) is 0. The Bertz CT molecular complexity index is 3520. The molecule has 1 aliphatic carbocycles. The lowest BCUT2D eigenvalue weighted by Gasteiger charge is -2.23. The number of nitrogens with zero attached hydrogens (tertiary/aromatic N) is 2. The number of allylic oxidation sites excluding steroid dienone is 1. The third kappa shape index (κ3) is 5.89. The monoisotopic (exact) mass is 793 g/mol. The number of hydrogen-bond donors (Lipinski definition) is 1. The van der Waals surface area contributed by atoms with Crippen LogP contribution < -0.4 is 5.32 Å². The fourth-order valence-corrected chi connectivity index (χ4v) is 10.1. The first-order chi connectivity index (χ1) is 30.7. The second kappa shape index (κ2) is 14.7. The lowest BCUT2D eigenvalue weighted by Crippen LogP contribution is -2.05. The molecule has 1 unspecified atom stereocenters. The zero-order valence-electron chi connectivity index (χ0n) is 34.5. The quantitative estimate of drug-likeness (QED) is 0.171. The molecule has 0 aliphatic heterocycles. The number of hydrogen-bond acceptors (Lipinski definition) is 1.